The molecule has 0 atom stereocenters. The first kappa shape index (κ1) is 15.2. The van der Waals surface area contributed by atoms with Gasteiger partial charge in [0.05, 0.1) is 6.61 Å². The van der Waals surface area contributed by atoms with Crippen LogP contribution in [0, 0.1) is 11.3 Å². The van der Waals surface area contributed by atoms with Gasteiger partial charge in [0.1, 0.15) is 17.4 Å². The summed E-state index contributed by atoms with van der Waals surface area (Å²) in [5.74, 6) is -1.45. The van der Waals surface area contributed by atoms with E-state index in [0.29, 0.717) is 11.3 Å². The van der Waals surface area contributed by atoms with E-state index in [9.17, 15) is 9.59 Å². The zero-order valence-electron chi connectivity index (χ0n) is 10.8. The molecular weight excluding hydrogens is 262 g/mol. The summed E-state index contributed by atoms with van der Waals surface area (Å²) in [6.07, 6.45) is 1.35. The number of carbonyl (C=O) groups is 2. The molecular formula is C14H13NO5. The molecule has 0 saturated carbocycles. The van der Waals surface area contributed by atoms with Crippen molar-refractivity contribution in [3.8, 4) is 11.8 Å². The number of ether oxygens (including phenoxy) is 2. The number of carboxylic acids is 1. The normalized spacial score (nSPS) is 10.5. The quantitative estimate of drug-likeness (QED) is 0.481. The van der Waals surface area contributed by atoms with E-state index in [-0.39, 0.29) is 12.2 Å². The second kappa shape index (κ2) is 7.59. The zero-order valence-corrected chi connectivity index (χ0v) is 10.8. The van der Waals surface area contributed by atoms with E-state index in [1.165, 1.54) is 12.1 Å². The van der Waals surface area contributed by atoms with Gasteiger partial charge in [-0.15, -0.1) is 0 Å². The Balaban J connectivity index is 2.90. The predicted molar refractivity (Wildman–Crippen MR) is 69.8 cm³/mol. The molecule has 0 aliphatic carbocycles. The van der Waals surface area contributed by atoms with Crippen molar-refractivity contribution in [3.63, 3.8) is 0 Å². The Hall–Kier alpha value is -2.81. The first-order chi connectivity index (χ1) is 9.56. The van der Waals surface area contributed by atoms with Crippen LogP contribution >= 0.6 is 0 Å². The Morgan fingerprint density at radius 3 is 2.80 bits per heavy atom. The third kappa shape index (κ3) is 4.82. The van der Waals surface area contributed by atoms with Crippen LogP contribution in [0.2, 0.25) is 0 Å². The van der Waals surface area contributed by atoms with Gasteiger partial charge in [0.15, 0.2) is 6.61 Å². The monoisotopic (exact) mass is 275 g/mol. The van der Waals surface area contributed by atoms with Gasteiger partial charge in [-0.1, -0.05) is 12.1 Å². The Labute approximate surface area is 115 Å². The van der Waals surface area contributed by atoms with E-state index >= 15 is 0 Å². The molecule has 0 spiro atoms. The lowest BCUT2D eigenvalue weighted by atomic mass is 10.1. The smallest absolute Gasteiger partial charge is 0.348 e. The van der Waals surface area contributed by atoms with Crippen molar-refractivity contribution in [1.82, 2.24) is 0 Å². The summed E-state index contributed by atoms with van der Waals surface area (Å²) in [5, 5.41) is 17.4. The summed E-state index contributed by atoms with van der Waals surface area (Å²) in [6, 6.07) is 8.15. The number of esters is 1. The van der Waals surface area contributed by atoms with Gasteiger partial charge in [0.2, 0.25) is 0 Å². The van der Waals surface area contributed by atoms with Gasteiger partial charge in [-0.05, 0) is 30.7 Å². The van der Waals surface area contributed by atoms with Crippen LogP contribution in [-0.4, -0.2) is 30.3 Å². The molecule has 6 nitrogen and oxygen atoms in total. The molecule has 0 aliphatic rings. The average molecular weight is 275 g/mol. The fourth-order valence-electron chi connectivity index (χ4n) is 1.35. The molecule has 1 N–H and O–H groups in total. The summed E-state index contributed by atoms with van der Waals surface area (Å²) in [7, 11) is 0. The minimum Gasteiger partial charge on any atom is -0.482 e. The summed E-state index contributed by atoms with van der Waals surface area (Å²) in [6.45, 7) is 1.36. The first-order valence-electron chi connectivity index (χ1n) is 5.80. The predicted octanol–water partition coefficient (Wildman–Crippen LogP) is 1.62. The number of rotatable bonds is 6. The molecule has 0 saturated heterocycles. The SMILES string of the molecule is CCOC(=O)C(C#N)=Cc1cccc(OCC(=O)O)c1. The third-order valence-corrected chi connectivity index (χ3v) is 2.15. The maximum absolute atomic E-state index is 11.5. The number of hydrogen-bond acceptors (Lipinski definition) is 5. The van der Waals surface area contributed by atoms with Crippen molar-refractivity contribution in [1.29, 1.82) is 5.26 Å². The molecule has 0 bridgehead atoms. The number of nitrogens with zero attached hydrogens (tertiary/aromatic N) is 1. The van der Waals surface area contributed by atoms with Crippen molar-refractivity contribution in [2.24, 2.45) is 0 Å². The van der Waals surface area contributed by atoms with Crippen LogP contribution in [0.25, 0.3) is 6.08 Å². The highest BCUT2D eigenvalue weighted by atomic mass is 16.5. The highest BCUT2D eigenvalue weighted by Gasteiger charge is 2.09. The van der Waals surface area contributed by atoms with Crippen LogP contribution in [-0.2, 0) is 14.3 Å². The van der Waals surface area contributed by atoms with Crippen molar-refractivity contribution in [3.05, 3.63) is 35.4 Å². The van der Waals surface area contributed by atoms with E-state index < -0.39 is 18.5 Å². The minimum absolute atomic E-state index is 0.137. The molecule has 0 radical (unpaired) electrons. The maximum Gasteiger partial charge on any atom is 0.348 e. The third-order valence-electron chi connectivity index (χ3n) is 2.15. The summed E-state index contributed by atoms with van der Waals surface area (Å²) < 4.78 is 9.74. The number of carbonyl (C=O) groups excluding carboxylic acids is 1. The second-order valence-corrected chi connectivity index (χ2v) is 3.65. The first-order valence-corrected chi connectivity index (χ1v) is 5.80. The van der Waals surface area contributed by atoms with Crippen LogP contribution in [0.15, 0.2) is 29.8 Å². The van der Waals surface area contributed by atoms with Crippen LogP contribution in [0.4, 0.5) is 0 Å². The topological polar surface area (TPSA) is 96.6 Å². The van der Waals surface area contributed by atoms with Crippen molar-refractivity contribution in [2.45, 2.75) is 6.92 Å². The molecule has 1 aromatic carbocycles. The molecule has 20 heavy (non-hydrogen) atoms. The maximum atomic E-state index is 11.5. The summed E-state index contributed by atoms with van der Waals surface area (Å²) in [4.78, 5) is 21.9. The zero-order chi connectivity index (χ0) is 15.0. The highest BCUT2D eigenvalue weighted by Crippen LogP contribution is 2.16. The van der Waals surface area contributed by atoms with E-state index in [2.05, 4.69) is 0 Å². The fraction of sp³-hybridized carbons (Fsp3) is 0.214. The van der Waals surface area contributed by atoms with Gasteiger partial charge >= 0.3 is 11.9 Å². The molecule has 0 aromatic heterocycles. The number of nitriles is 1. The lowest BCUT2D eigenvalue weighted by molar-refractivity contribution is -0.139. The fourth-order valence-corrected chi connectivity index (χ4v) is 1.35. The lowest BCUT2D eigenvalue weighted by Crippen LogP contribution is -2.09. The van der Waals surface area contributed by atoms with Crippen molar-refractivity contribution < 1.29 is 24.2 Å². The molecule has 104 valence electrons. The number of benzene rings is 1. The largest absolute Gasteiger partial charge is 0.482 e. The van der Waals surface area contributed by atoms with Crippen molar-refractivity contribution in [2.75, 3.05) is 13.2 Å². The Morgan fingerprint density at radius 1 is 1.45 bits per heavy atom. The summed E-state index contributed by atoms with van der Waals surface area (Å²) in [5.41, 5.74) is 0.403. The second-order valence-electron chi connectivity index (χ2n) is 3.65. The van der Waals surface area contributed by atoms with Crippen LogP contribution in [0.1, 0.15) is 12.5 Å². The van der Waals surface area contributed by atoms with Gasteiger partial charge in [-0.2, -0.15) is 5.26 Å². The van der Waals surface area contributed by atoms with Gasteiger partial charge in [0, 0.05) is 0 Å². The summed E-state index contributed by atoms with van der Waals surface area (Å²) >= 11 is 0. The number of aliphatic carboxylic acids is 1. The molecule has 0 unspecified atom stereocenters. The van der Waals surface area contributed by atoms with E-state index in [1.807, 2.05) is 0 Å². The molecule has 0 aliphatic heterocycles. The van der Waals surface area contributed by atoms with Crippen LogP contribution in [0.5, 0.6) is 5.75 Å². The molecule has 0 amide bonds. The van der Waals surface area contributed by atoms with Crippen LogP contribution in [0.3, 0.4) is 0 Å². The standard InChI is InChI=1S/C14H13NO5/c1-2-19-14(18)11(8-15)6-10-4-3-5-12(7-10)20-9-13(16)17/h3-7H,2,9H2,1H3,(H,16,17). The molecule has 0 fully saturated rings. The van der Waals surface area contributed by atoms with Gasteiger partial charge in [-0.3, -0.25) is 0 Å². The van der Waals surface area contributed by atoms with Gasteiger partial charge in [-0.25, -0.2) is 9.59 Å². The molecule has 1 aromatic rings. The molecule has 6 heteroatoms. The minimum atomic E-state index is -1.09. The Morgan fingerprint density at radius 2 is 2.20 bits per heavy atom. The average Bonchev–Trinajstić information content (AvgIpc) is 2.43. The molecule has 1 rings (SSSR count). The molecule has 0 heterocycles. The Kier molecular flexibility index (Phi) is 5.78. The van der Waals surface area contributed by atoms with Gasteiger partial charge < -0.3 is 14.6 Å². The number of hydrogen-bond donors (Lipinski definition) is 1. The van der Waals surface area contributed by atoms with Gasteiger partial charge in [0.25, 0.3) is 0 Å². The lowest BCUT2D eigenvalue weighted by Gasteiger charge is -2.04. The van der Waals surface area contributed by atoms with Crippen LogP contribution < -0.4 is 4.74 Å². The van der Waals surface area contributed by atoms with E-state index in [4.69, 9.17) is 19.8 Å². The van der Waals surface area contributed by atoms with E-state index in [1.54, 1.807) is 31.2 Å². The number of carboxylic acid groups (broad SMARTS) is 1. The Bertz CT molecular complexity index is 571. The van der Waals surface area contributed by atoms with E-state index in [0.717, 1.165) is 0 Å². The van der Waals surface area contributed by atoms with Crippen molar-refractivity contribution >= 4 is 18.0 Å². The highest BCUT2D eigenvalue weighted by molar-refractivity contribution is 5.97.